The second-order valence-electron chi connectivity index (χ2n) is 4.94. The van der Waals surface area contributed by atoms with Crippen LogP contribution in [-0.2, 0) is 14.9 Å². The first-order valence-electron chi connectivity index (χ1n) is 6.75. The fourth-order valence-electron chi connectivity index (χ4n) is 2.70. The van der Waals surface area contributed by atoms with E-state index in [0.717, 1.165) is 24.2 Å². The van der Waals surface area contributed by atoms with Gasteiger partial charge in [-0.15, -0.1) is 0 Å². The van der Waals surface area contributed by atoms with E-state index < -0.39 is 6.09 Å². The van der Waals surface area contributed by atoms with E-state index >= 15 is 0 Å². The van der Waals surface area contributed by atoms with E-state index in [4.69, 9.17) is 9.47 Å². The molecule has 1 amide bonds. The highest BCUT2D eigenvalue weighted by molar-refractivity contribution is 5.67. The van der Waals surface area contributed by atoms with Crippen molar-refractivity contribution in [2.45, 2.75) is 18.3 Å². The lowest BCUT2D eigenvalue weighted by atomic mass is 9.73. The third-order valence-electron chi connectivity index (χ3n) is 3.88. The molecule has 110 valence electrons. The highest BCUT2D eigenvalue weighted by atomic mass is 16.5. The molecule has 0 radical (unpaired) electrons. The summed E-state index contributed by atoms with van der Waals surface area (Å²) in [5.74, 6) is 0.848. The number of hydrogen-bond acceptors (Lipinski definition) is 4. The zero-order chi connectivity index (χ0) is 14.4. The van der Waals surface area contributed by atoms with Crippen molar-refractivity contribution < 1.29 is 19.0 Å². The van der Waals surface area contributed by atoms with Gasteiger partial charge in [-0.1, -0.05) is 18.2 Å². The molecule has 1 aromatic rings. The number of nitrogens with one attached hydrogen (secondary N) is 1. The molecule has 0 bridgehead atoms. The van der Waals surface area contributed by atoms with Crippen molar-refractivity contribution in [3.05, 3.63) is 29.8 Å². The Morgan fingerprint density at radius 2 is 2.00 bits per heavy atom. The van der Waals surface area contributed by atoms with Crippen molar-refractivity contribution >= 4 is 6.09 Å². The van der Waals surface area contributed by atoms with Gasteiger partial charge in [0.05, 0.1) is 14.2 Å². The first-order chi connectivity index (χ1) is 9.72. The molecule has 0 spiro atoms. The Labute approximate surface area is 119 Å². The van der Waals surface area contributed by atoms with Crippen LogP contribution in [0, 0.1) is 0 Å². The number of rotatable bonds is 4. The van der Waals surface area contributed by atoms with Crippen LogP contribution in [0.2, 0.25) is 0 Å². The predicted molar refractivity (Wildman–Crippen MR) is 75.1 cm³/mol. The molecule has 20 heavy (non-hydrogen) atoms. The molecule has 0 aromatic heterocycles. The number of para-hydroxylation sites is 1. The van der Waals surface area contributed by atoms with Crippen molar-refractivity contribution in [1.82, 2.24) is 5.32 Å². The number of benzene rings is 1. The van der Waals surface area contributed by atoms with E-state index in [2.05, 4.69) is 16.1 Å². The van der Waals surface area contributed by atoms with E-state index in [1.54, 1.807) is 7.11 Å². The van der Waals surface area contributed by atoms with E-state index in [1.165, 1.54) is 7.11 Å². The summed E-state index contributed by atoms with van der Waals surface area (Å²) in [5.41, 5.74) is 0.946. The van der Waals surface area contributed by atoms with Gasteiger partial charge >= 0.3 is 6.09 Å². The van der Waals surface area contributed by atoms with Crippen LogP contribution in [0.25, 0.3) is 0 Å². The maximum absolute atomic E-state index is 11.4. The summed E-state index contributed by atoms with van der Waals surface area (Å²) in [6, 6.07) is 7.95. The molecule has 1 aliphatic heterocycles. The van der Waals surface area contributed by atoms with Crippen LogP contribution >= 0.6 is 0 Å². The zero-order valence-electron chi connectivity index (χ0n) is 12.0. The highest BCUT2D eigenvalue weighted by Crippen LogP contribution is 2.39. The van der Waals surface area contributed by atoms with E-state index in [0.29, 0.717) is 19.8 Å². The van der Waals surface area contributed by atoms with Gasteiger partial charge in [-0.3, -0.25) is 0 Å². The lowest BCUT2D eigenvalue weighted by Crippen LogP contribution is -2.44. The van der Waals surface area contributed by atoms with Crippen molar-refractivity contribution in [2.75, 3.05) is 34.0 Å². The molecule has 2 rings (SSSR count). The average molecular weight is 279 g/mol. The second-order valence-corrected chi connectivity index (χ2v) is 4.94. The van der Waals surface area contributed by atoms with Crippen molar-refractivity contribution in [2.24, 2.45) is 0 Å². The van der Waals surface area contributed by atoms with Gasteiger partial charge in [0.2, 0.25) is 0 Å². The molecule has 0 atom stereocenters. The third-order valence-corrected chi connectivity index (χ3v) is 3.88. The maximum Gasteiger partial charge on any atom is 0.406 e. The normalized spacial score (nSPS) is 17.3. The molecule has 1 heterocycles. The minimum atomic E-state index is -0.411. The smallest absolute Gasteiger partial charge is 0.406 e. The third kappa shape index (κ3) is 3.04. The van der Waals surface area contributed by atoms with Crippen molar-refractivity contribution in [3.8, 4) is 5.75 Å². The summed E-state index contributed by atoms with van der Waals surface area (Å²) in [5, 5.41) is 2.82. The number of hydrogen-bond donors (Lipinski definition) is 1. The Morgan fingerprint density at radius 1 is 1.30 bits per heavy atom. The maximum atomic E-state index is 11.4. The second kappa shape index (κ2) is 6.61. The predicted octanol–water partition coefficient (Wildman–Crippen LogP) is 2.10. The van der Waals surface area contributed by atoms with Gasteiger partial charge in [-0.2, -0.15) is 0 Å². The van der Waals surface area contributed by atoms with Crippen molar-refractivity contribution in [1.29, 1.82) is 0 Å². The summed E-state index contributed by atoms with van der Waals surface area (Å²) in [4.78, 5) is 11.4. The quantitative estimate of drug-likeness (QED) is 0.917. The summed E-state index contributed by atoms with van der Waals surface area (Å²) in [6.45, 7) is 1.88. The van der Waals surface area contributed by atoms with Gasteiger partial charge in [0.25, 0.3) is 0 Å². The Hall–Kier alpha value is -1.75. The SMILES string of the molecule is COC(=O)NCC1(c2ccccc2OC)CCOCC1. The Bertz CT molecular complexity index is 455. The van der Waals surface area contributed by atoms with Gasteiger partial charge in [0.15, 0.2) is 0 Å². The topological polar surface area (TPSA) is 56.8 Å². The van der Waals surface area contributed by atoms with Crippen LogP contribution in [0.1, 0.15) is 18.4 Å². The number of ether oxygens (including phenoxy) is 3. The van der Waals surface area contributed by atoms with E-state index in [-0.39, 0.29) is 5.41 Å². The summed E-state index contributed by atoms with van der Waals surface area (Å²) >= 11 is 0. The highest BCUT2D eigenvalue weighted by Gasteiger charge is 2.37. The van der Waals surface area contributed by atoms with Crippen molar-refractivity contribution in [3.63, 3.8) is 0 Å². The number of carbonyl (C=O) groups excluding carboxylic acids is 1. The fourth-order valence-corrected chi connectivity index (χ4v) is 2.70. The van der Waals surface area contributed by atoms with E-state index in [9.17, 15) is 4.79 Å². The van der Waals surface area contributed by atoms with Gasteiger partial charge in [0, 0.05) is 30.7 Å². The van der Waals surface area contributed by atoms with Gasteiger partial charge in [-0.25, -0.2) is 4.79 Å². The Kier molecular flexibility index (Phi) is 4.84. The monoisotopic (exact) mass is 279 g/mol. The summed E-state index contributed by atoms with van der Waals surface area (Å²) < 4.78 is 15.6. The molecular weight excluding hydrogens is 258 g/mol. The minimum absolute atomic E-state index is 0.168. The standard InChI is InChI=1S/C15H21NO4/c1-18-13-6-4-3-5-12(13)15(7-9-20-10-8-15)11-16-14(17)19-2/h3-6H,7-11H2,1-2H3,(H,16,17). The van der Waals surface area contributed by atoms with Crippen LogP contribution < -0.4 is 10.1 Å². The number of amides is 1. The van der Waals surface area contributed by atoms with Gasteiger partial charge in [0.1, 0.15) is 5.75 Å². The lowest BCUT2D eigenvalue weighted by Gasteiger charge is -2.38. The minimum Gasteiger partial charge on any atom is -0.496 e. The largest absolute Gasteiger partial charge is 0.496 e. The van der Waals surface area contributed by atoms with Gasteiger partial charge < -0.3 is 19.5 Å². The lowest BCUT2D eigenvalue weighted by molar-refractivity contribution is 0.0486. The first-order valence-corrected chi connectivity index (χ1v) is 6.75. The zero-order valence-corrected chi connectivity index (χ0v) is 12.0. The number of methoxy groups -OCH3 is 2. The van der Waals surface area contributed by atoms with Crippen LogP contribution in [0.3, 0.4) is 0 Å². The molecule has 1 N–H and O–H groups in total. The molecule has 0 unspecified atom stereocenters. The Balaban J connectivity index is 2.28. The van der Waals surface area contributed by atoms with Gasteiger partial charge in [-0.05, 0) is 18.9 Å². The van der Waals surface area contributed by atoms with Crippen LogP contribution in [-0.4, -0.2) is 40.1 Å². The molecule has 5 heteroatoms. The molecule has 1 aromatic carbocycles. The summed E-state index contributed by atoms with van der Waals surface area (Å²) in [6.07, 6.45) is 1.28. The molecule has 1 saturated heterocycles. The molecule has 0 saturated carbocycles. The molecule has 5 nitrogen and oxygen atoms in total. The number of alkyl carbamates (subject to hydrolysis) is 1. The summed E-state index contributed by atoms with van der Waals surface area (Å²) in [7, 11) is 3.04. The molecule has 1 aliphatic rings. The van der Waals surface area contributed by atoms with E-state index in [1.807, 2.05) is 18.2 Å². The van der Waals surface area contributed by atoms with Crippen LogP contribution in [0.15, 0.2) is 24.3 Å². The molecular formula is C15H21NO4. The van der Waals surface area contributed by atoms with Crippen LogP contribution in [0.4, 0.5) is 4.79 Å². The fraction of sp³-hybridized carbons (Fsp3) is 0.533. The van der Waals surface area contributed by atoms with Crippen LogP contribution in [0.5, 0.6) is 5.75 Å². The molecule has 0 aliphatic carbocycles. The number of carbonyl (C=O) groups is 1. The Morgan fingerprint density at radius 3 is 2.65 bits per heavy atom. The first kappa shape index (κ1) is 14.7. The molecule has 1 fully saturated rings. The average Bonchev–Trinajstić information content (AvgIpc) is 2.53.